The van der Waals surface area contributed by atoms with Gasteiger partial charge in [-0.3, -0.25) is 13.5 Å². The molecule has 1 amide bonds. The summed E-state index contributed by atoms with van der Waals surface area (Å²) < 4.78 is 2.49. The van der Waals surface area contributed by atoms with E-state index in [-0.39, 0.29) is 18.0 Å². The number of benzene rings is 2. The van der Waals surface area contributed by atoms with Crippen molar-refractivity contribution < 1.29 is 4.79 Å². The van der Waals surface area contributed by atoms with Gasteiger partial charge in [-0.15, -0.1) is 0 Å². The zero-order valence-electron chi connectivity index (χ0n) is 13.8. The summed E-state index contributed by atoms with van der Waals surface area (Å²) in [6.45, 7) is 3.14. The molecule has 2 heterocycles. The highest BCUT2D eigenvalue weighted by atomic mass is 32.1. The summed E-state index contributed by atoms with van der Waals surface area (Å²) >= 11 is 1.36. The monoisotopic (exact) mass is 353 g/mol. The van der Waals surface area contributed by atoms with Crippen LogP contribution < -0.4 is 10.5 Å². The summed E-state index contributed by atoms with van der Waals surface area (Å²) in [5, 5.41) is 0.689. The van der Waals surface area contributed by atoms with Gasteiger partial charge in [-0.1, -0.05) is 41.9 Å². The van der Waals surface area contributed by atoms with Crippen molar-refractivity contribution in [2.45, 2.75) is 6.54 Å². The fourth-order valence-corrected chi connectivity index (χ4v) is 4.18. The van der Waals surface area contributed by atoms with Crippen LogP contribution in [0, 0.1) is 0 Å². The van der Waals surface area contributed by atoms with Crippen molar-refractivity contribution in [3.8, 4) is 0 Å². The molecule has 1 saturated heterocycles. The van der Waals surface area contributed by atoms with Crippen LogP contribution in [-0.2, 0) is 11.3 Å². The second-order valence-electron chi connectivity index (χ2n) is 6.13. The van der Waals surface area contributed by atoms with Crippen molar-refractivity contribution in [1.82, 2.24) is 8.86 Å². The molecule has 2 aromatic carbocycles. The quantitative estimate of drug-likeness (QED) is 0.726. The molecule has 3 aromatic rings. The normalized spacial score (nSPS) is 14.9. The first-order chi connectivity index (χ1) is 12.2. The Morgan fingerprint density at radius 1 is 0.920 bits per heavy atom. The smallest absolute Gasteiger partial charge is 0.268 e. The maximum Gasteiger partial charge on any atom is 0.268 e. The van der Waals surface area contributed by atoms with Gasteiger partial charge in [0.1, 0.15) is 6.54 Å². The second kappa shape index (κ2) is 6.72. The lowest BCUT2D eigenvalue weighted by molar-refractivity contribution is -0.132. The van der Waals surface area contributed by atoms with Gasteiger partial charge in [-0.05, 0) is 24.3 Å². The van der Waals surface area contributed by atoms with Gasteiger partial charge in [0.05, 0.1) is 10.1 Å². The summed E-state index contributed by atoms with van der Waals surface area (Å²) in [7, 11) is 0. The van der Waals surface area contributed by atoms with Crippen LogP contribution in [0.25, 0.3) is 10.1 Å². The highest BCUT2D eigenvalue weighted by Crippen LogP contribution is 2.18. The van der Waals surface area contributed by atoms with Gasteiger partial charge in [0, 0.05) is 31.9 Å². The van der Waals surface area contributed by atoms with Crippen LogP contribution in [0.3, 0.4) is 0 Å². The van der Waals surface area contributed by atoms with Crippen LogP contribution in [0.15, 0.2) is 59.4 Å². The number of piperazine rings is 1. The summed E-state index contributed by atoms with van der Waals surface area (Å²) in [6.07, 6.45) is 0. The minimum absolute atomic E-state index is 0.0152. The van der Waals surface area contributed by atoms with Gasteiger partial charge in [0.2, 0.25) is 5.91 Å². The fraction of sp³-hybridized carbons (Fsp3) is 0.263. The average molecular weight is 353 g/mol. The third kappa shape index (κ3) is 3.17. The molecule has 0 N–H and O–H groups in total. The second-order valence-corrected chi connectivity index (χ2v) is 7.20. The summed E-state index contributed by atoms with van der Waals surface area (Å²) in [6, 6.07) is 17.7. The van der Waals surface area contributed by atoms with E-state index in [2.05, 4.69) is 17.0 Å². The molecule has 0 radical (unpaired) electrons. The molecule has 6 heteroatoms. The predicted octanol–water partition coefficient (Wildman–Crippen LogP) is 2.41. The minimum atomic E-state index is -0.0723. The van der Waals surface area contributed by atoms with Crippen molar-refractivity contribution in [1.29, 1.82) is 0 Å². The predicted molar refractivity (Wildman–Crippen MR) is 101 cm³/mol. The van der Waals surface area contributed by atoms with E-state index in [4.69, 9.17) is 0 Å². The van der Waals surface area contributed by atoms with Gasteiger partial charge < -0.3 is 9.80 Å². The molecule has 1 aromatic heterocycles. The number of carbonyl (C=O) groups is 1. The molecule has 0 saturated carbocycles. The van der Waals surface area contributed by atoms with Crippen molar-refractivity contribution in [3.63, 3.8) is 0 Å². The number of nitrogens with zero attached hydrogens (tertiary/aromatic N) is 3. The van der Waals surface area contributed by atoms with E-state index in [1.807, 2.05) is 47.4 Å². The topological polar surface area (TPSA) is 45.6 Å². The van der Waals surface area contributed by atoms with E-state index in [0.717, 1.165) is 17.8 Å². The molecule has 0 spiro atoms. The summed E-state index contributed by atoms with van der Waals surface area (Å²) in [5.41, 5.74) is 1.12. The molecular formula is C19H19N3O2S. The Morgan fingerprint density at radius 2 is 1.60 bits per heavy atom. The number of hydrogen-bond acceptors (Lipinski definition) is 4. The average Bonchev–Trinajstić information content (AvgIpc) is 2.98. The number of hydrogen-bond donors (Lipinski definition) is 0. The number of amides is 1. The molecule has 1 aliphatic rings. The molecule has 0 aliphatic carbocycles. The van der Waals surface area contributed by atoms with Gasteiger partial charge in [-0.2, -0.15) is 0 Å². The number of rotatable bonds is 3. The molecule has 0 unspecified atom stereocenters. The summed E-state index contributed by atoms with van der Waals surface area (Å²) in [5.74, 6) is 0.0152. The number of carbonyl (C=O) groups excluding carboxylic acids is 1. The summed E-state index contributed by atoms with van der Waals surface area (Å²) in [4.78, 5) is 29.1. The number of para-hydroxylation sites is 1. The molecule has 1 fully saturated rings. The maximum absolute atomic E-state index is 12.6. The SMILES string of the molecule is O=C(Cn1sc2ccccc2c1=O)N1CCN(c2ccccc2)CC1. The van der Waals surface area contributed by atoms with Crippen molar-refractivity contribution in [3.05, 3.63) is 65.0 Å². The van der Waals surface area contributed by atoms with Crippen LogP contribution in [-0.4, -0.2) is 40.9 Å². The zero-order valence-corrected chi connectivity index (χ0v) is 14.6. The lowest BCUT2D eigenvalue weighted by Gasteiger charge is -2.36. The van der Waals surface area contributed by atoms with Crippen LogP contribution in [0.5, 0.6) is 0 Å². The Bertz CT molecular complexity index is 940. The van der Waals surface area contributed by atoms with E-state index in [1.165, 1.54) is 17.2 Å². The molecule has 4 rings (SSSR count). The lowest BCUT2D eigenvalue weighted by Crippen LogP contribution is -2.49. The van der Waals surface area contributed by atoms with Crippen LogP contribution in [0.1, 0.15) is 0 Å². The standard InChI is InChI=1S/C19H19N3O2S/c23-18(14-22-19(24)16-8-4-5-9-17(16)25-22)21-12-10-20(11-13-21)15-6-2-1-3-7-15/h1-9H,10-14H2. The third-order valence-corrected chi connectivity index (χ3v) is 5.65. The largest absolute Gasteiger partial charge is 0.368 e. The minimum Gasteiger partial charge on any atom is -0.368 e. The van der Waals surface area contributed by atoms with Gasteiger partial charge in [-0.25, -0.2) is 0 Å². The number of aromatic nitrogens is 1. The van der Waals surface area contributed by atoms with Crippen molar-refractivity contribution in [2.75, 3.05) is 31.1 Å². The van der Waals surface area contributed by atoms with Crippen molar-refractivity contribution in [2.24, 2.45) is 0 Å². The Balaban J connectivity index is 1.42. The zero-order chi connectivity index (χ0) is 17.2. The van der Waals surface area contributed by atoms with Crippen LogP contribution >= 0.6 is 11.5 Å². The van der Waals surface area contributed by atoms with E-state index < -0.39 is 0 Å². The Morgan fingerprint density at radius 3 is 2.32 bits per heavy atom. The first-order valence-electron chi connectivity index (χ1n) is 8.39. The van der Waals surface area contributed by atoms with E-state index >= 15 is 0 Å². The molecule has 0 bridgehead atoms. The van der Waals surface area contributed by atoms with Gasteiger partial charge in [0.25, 0.3) is 5.56 Å². The lowest BCUT2D eigenvalue weighted by atomic mass is 10.2. The van der Waals surface area contributed by atoms with Gasteiger partial charge in [0.15, 0.2) is 0 Å². The molecule has 128 valence electrons. The van der Waals surface area contributed by atoms with E-state index in [0.29, 0.717) is 18.5 Å². The Labute approximate surface area is 149 Å². The molecule has 0 atom stereocenters. The molecule has 25 heavy (non-hydrogen) atoms. The fourth-order valence-electron chi connectivity index (χ4n) is 3.20. The molecule has 5 nitrogen and oxygen atoms in total. The maximum atomic E-state index is 12.6. The van der Waals surface area contributed by atoms with E-state index in [9.17, 15) is 9.59 Å². The third-order valence-electron chi connectivity index (χ3n) is 4.59. The van der Waals surface area contributed by atoms with Crippen molar-refractivity contribution >= 4 is 33.2 Å². The highest BCUT2D eigenvalue weighted by molar-refractivity contribution is 7.13. The Hall–Kier alpha value is -2.60. The Kier molecular flexibility index (Phi) is 4.28. The van der Waals surface area contributed by atoms with Crippen LogP contribution in [0.4, 0.5) is 5.69 Å². The van der Waals surface area contributed by atoms with Gasteiger partial charge >= 0.3 is 0 Å². The van der Waals surface area contributed by atoms with Crippen LogP contribution in [0.2, 0.25) is 0 Å². The highest BCUT2D eigenvalue weighted by Gasteiger charge is 2.22. The first-order valence-corrected chi connectivity index (χ1v) is 9.16. The van der Waals surface area contributed by atoms with E-state index in [1.54, 1.807) is 3.96 Å². The first kappa shape index (κ1) is 15.9. The molecule has 1 aliphatic heterocycles. The molecular weight excluding hydrogens is 334 g/mol. The number of fused-ring (bicyclic) bond motifs is 1. The number of anilines is 1.